The Morgan fingerprint density at radius 1 is 1.23 bits per heavy atom. The minimum absolute atomic E-state index is 0.543. The minimum Gasteiger partial charge on any atom is -0.300 e. The van der Waals surface area contributed by atoms with Gasteiger partial charge in [0.05, 0.1) is 5.71 Å². The first-order valence-corrected chi connectivity index (χ1v) is 4.25. The van der Waals surface area contributed by atoms with E-state index in [1.807, 2.05) is 33.8 Å². The lowest BCUT2D eigenvalue weighted by Crippen LogP contribution is -2.04. The highest BCUT2D eigenvalue weighted by atomic mass is 15.3. The highest BCUT2D eigenvalue weighted by molar-refractivity contribution is 6.09. The van der Waals surface area contributed by atoms with Gasteiger partial charge in [0.25, 0.3) is 0 Å². The standard InChI is InChI=1S/C10H17N3/c1-5-8(3)10(11)9(4)7-13-12-6-2/h5-7,11,13H,1-4H3/b8-5-,9-7?,11-10?,12-6-. The topological polar surface area (TPSA) is 48.2 Å². The second-order valence-corrected chi connectivity index (χ2v) is 2.69. The van der Waals surface area contributed by atoms with Crippen LogP contribution in [0.15, 0.2) is 28.5 Å². The SMILES string of the molecule is C/C=N\NC=C(C)C(=N)/C(C)=C\C. The van der Waals surface area contributed by atoms with Crippen LogP contribution in [0.2, 0.25) is 0 Å². The van der Waals surface area contributed by atoms with Crippen LogP contribution in [0.1, 0.15) is 27.7 Å². The summed E-state index contributed by atoms with van der Waals surface area (Å²) in [6.45, 7) is 7.56. The zero-order valence-electron chi connectivity index (χ0n) is 8.68. The van der Waals surface area contributed by atoms with Crippen molar-refractivity contribution in [1.82, 2.24) is 5.43 Å². The fourth-order valence-corrected chi connectivity index (χ4v) is 0.736. The van der Waals surface area contributed by atoms with E-state index in [0.29, 0.717) is 5.71 Å². The van der Waals surface area contributed by atoms with E-state index in [-0.39, 0.29) is 0 Å². The summed E-state index contributed by atoms with van der Waals surface area (Å²) in [6, 6.07) is 0. The van der Waals surface area contributed by atoms with Crippen LogP contribution in [0.4, 0.5) is 0 Å². The van der Waals surface area contributed by atoms with Gasteiger partial charge in [-0.1, -0.05) is 6.08 Å². The van der Waals surface area contributed by atoms with Crippen LogP contribution in [0.25, 0.3) is 0 Å². The number of rotatable bonds is 4. The molecule has 0 aromatic carbocycles. The molecule has 0 bridgehead atoms. The number of nitrogens with one attached hydrogen (secondary N) is 2. The van der Waals surface area contributed by atoms with Crippen molar-refractivity contribution < 1.29 is 0 Å². The second-order valence-electron chi connectivity index (χ2n) is 2.69. The van der Waals surface area contributed by atoms with E-state index in [9.17, 15) is 0 Å². The van der Waals surface area contributed by atoms with E-state index in [1.54, 1.807) is 12.4 Å². The monoisotopic (exact) mass is 179 g/mol. The third-order valence-corrected chi connectivity index (χ3v) is 1.71. The maximum absolute atomic E-state index is 7.71. The molecule has 0 aromatic rings. The van der Waals surface area contributed by atoms with Gasteiger partial charge in [-0.2, -0.15) is 5.10 Å². The van der Waals surface area contributed by atoms with Gasteiger partial charge in [-0.3, -0.25) is 5.43 Å². The molecule has 72 valence electrons. The molecule has 0 heterocycles. The number of hydrogen-bond donors (Lipinski definition) is 2. The first-order valence-electron chi connectivity index (χ1n) is 4.25. The molecule has 0 aromatic heterocycles. The molecule has 0 saturated heterocycles. The molecular formula is C10H17N3. The second kappa shape index (κ2) is 6.17. The highest BCUT2D eigenvalue weighted by Crippen LogP contribution is 2.03. The first-order chi connectivity index (χ1) is 6.13. The largest absolute Gasteiger partial charge is 0.300 e. The maximum Gasteiger partial charge on any atom is 0.0609 e. The van der Waals surface area contributed by atoms with Crippen LogP contribution in [0.5, 0.6) is 0 Å². The number of hydrazone groups is 1. The lowest BCUT2D eigenvalue weighted by molar-refractivity contribution is 0.965. The van der Waals surface area contributed by atoms with Crippen molar-refractivity contribution in [3.05, 3.63) is 23.4 Å². The molecule has 0 atom stereocenters. The highest BCUT2D eigenvalue weighted by Gasteiger charge is 1.99. The van der Waals surface area contributed by atoms with E-state index < -0.39 is 0 Å². The summed E-state index contributed by atoms with van der Waals surface area (Å²) < 4.78 is 0. The Morgan fingerprint density at radius 2 is 1.85 bits per heavy atom. The molecule has 0 spiro atoms. The van der Waals surface area contributed by atoms with Crippen molar-refractivity contribution in [3.8, 4) is 0 Å². The molecule has 0 aliphatic carbocycles. The third kappa shape index (κ3) is 4.25. The maximum atomic E-state index is 7.71. The Labute approximate surface area is 79.7 Å². The van der Waals surface area contributed by atoms with Crippen molar-refractivity contribution in [2.24, 2.45) is 5.10 Å². The van der Waals surface area contributed by atoms with Crippen LogP contribution in [-0.2, 0) is 0 Å². The van der Waals surface area contributed by atoms with Crippen LogP contribution in [0.3, 0.4) is 0 Å². The molecule has 0 aliphatic rings. The van der Waals surface area contributed by atoms with E-state index >= 15 is 0 Å². The van der Waals surface area contributed by atoms with Gasteiger partial charge < -0.3 is 5.41 Å². The molecule has 0 fully saturated rings. The van der Waals surface area contributed by atoms with Gasteiger partial charge in [-0.15, -0.1) is 0 Å². The van der Waals surface area contributed by atoms with Gasteiger partial charge in [-0.05, 0) is 38.8 Å². The molecule has 3 heteroatoms. The molecule has 0 radical (unpaired) electrons. The summed E-state index contributed by atoms with van der Waals surface area (Å²) >= 11 is 0. The fourth-order valence-electron chi connectivity index (χ4n) is 0.736. The molecule has 0 aliphatic heterocycles. The molecule has 3 nitrogen and oxygen atoms in total. The van der Waals surface area contributed by atoms with E-state index in [4.69, 9.17) is 5.41 Å². The van der Waals surface area contributed by atoms with Crippen molar-refractivity contribution in [2.45, 2.75) is 27.7 Å². The predicted molar refractivity (Wildman–Crippen MR) is 58.2 cm³/mol. The average molecular weight is 179 g/mol. The Bertz CT molecular complexity index is 259. The Balaban J connectivity index is 4.33. The predicted octanol–water partition coefficient (Wildman–Crippen LogP) is 2.47. The summed E-state index contributed by atoms with van der Waals surface area (Å²) in [5.74, 6) is 0. The molecule has 0 unspecified atom stereocenters. The van der Waals surface area contributed by atoms with E-state index in [0.717, 1.165) is 11.1 Å². The average Bonchev–Trinajstić information content (AvgIpc) is 2.15. The Kier molecular flexibility index (Phi) is 5.52. The molecular weight excluding hydrogens is 162 g/mol. The van der Waals surface area contributed by atoms with E-state index in [2.05, 4.69) is 10.5 Å². The zero-order valence-corrected chi connectivity index (χ0v) is 8.68. The van der Waals surface area contributed by atoms with Gasteiger partial charge in [0.1, 0.15) is 0 Å². The smallest absolute Gasteiger partial charge is 0.0609 e. The molecule has 0 rings (SSSR count). The van der Waals surface area contributed by atoms with Crippen molar-refractivity contribution >= 4 is 11.9 Å². The molecule has 0 amide bonds. The summed E-state index contributed by atoms with van der Waals surface area (Å²) in [5, 5.41) is 11.5. The normalized spacial score (nSPS) is 13.5. The van der Waals surface area contributed by atoms with Gasteiger partial charge >= 0.3 is 0 Å². The Hall–Kier alpha value is -1.38. The van der Waals surface area contributed by atoms with Gasteiger partial charge in [-0.25, -0.2) is 0 Å². The van der Waals surface area contributed by atoms with Crippen molar-refractivity contribution in [2.75, 3.05) is 0 Å². The minimum atomic E-state index is 0.543. The fraction of sp³-hybridized carbons (Fsp3) is 0.400. The van der Waals surface area contributed by atoms with Crippen LogP contribution < -0.4 is 5.43 Å². The lowest BCUT2D eigenvalue weighted by atomic mass is 10.1. The van der Waals surface area contributed by atoms with Gasteiger partial charge in [0.2, 0.25) is 0 Å². The van der Waals surface area contributed by atoms with Crippen LogP contribution >= 0.6 is 0 Å². The lowest BCUT2D eigenvalue weighted by Gasteiger charge is -2.03. The summed E-state index contributed by atoms with van der Waals surface area (Å²) in [4.78, 5) is 0. The Morgan fingerprint density at radius 3 is 2.31 bits per heavy atom. The number of allylic oxidation sites excluding steroid dienone is 3. The van der Waals surface area contributed by atoms with E-state index in [1.165, 1.54) is 0 Å². The van der Waals surface area contributed by atoms with Crippen molar-refractivity contribution in [1.29, 1.82) is 5.41 Å². The summed E-state index contributed by atoms with van der Waals surface area (Å²) in [5.41, 5.74) is 5.12. The molecule has 0 saturated carbocycles. The van der Waals surface area contributed by atoms with Gasteiger partial charge in [0, 0.05) is 12.4 Å². The zero-order chi connectivity index (χ0) is 10.3. The number of hydrogen-bond acceptors (Lipinski definition) is 3. The van der Waals surface area contributed by atoms with Crippen molar-refractivity contribution in [3.63, 3.8) is 0 Å². The van der Waals surface area contributed by atoms with Gasteiger partial charge in [0.15, 0.2) is 0 Å². The molecule has 2 N–H and O–H groups in total. The third-order valence-electron chi connectivity index (χ3n) is 1.71. The summed E-state index contributed by atoms with van der Waals surface area (Å²) in [6.07, 6.45) is 5.30. The molecule has 13 heavy (non-hydrogen) atoms. The van der Waals surface area contributed by atoms with Crippen LogP contribution in [-0.4, -0.2) is 11.9 Å². The van der Waals surface area contributed by atoms with Crippen LogP contribution in [0, 0.1) is 5.41 Å². The summed E-state index contributed by atoms with van der Waals surface area (Å²) in [7, 11) is 0. The number of nitrogens with zero attached hydrogens (tertiary/aromatic N) is 1. The first kappa shape index (κ1) is 11.6. The quantitative estimate of drug-likeness (QED) is 0.505.